The molecular weight excluding hydrogens is 128 g/mol. The maximum Gasteiger partial charge on any atom is 0.137 e. The number of ketones is 1. The monoisotopic (exact) mass is 138 g/mol. The van der Waals surface area contributed by atoms with Crippen molar-refractivity contribution in [1.29, 1.82) is 0 Å². The molecule has 0 saturated heterocycles. The molecule has 1 rings (SSSR count). The van der Waals surface area contributed by atoms with Crippen LogP contribution in [0.1, 0.15) is 13.3 Å². The Hall–Kier alpha value is -1.05. The fourth-order valence-corrected chi connectivity index (χ4v) is 0.948. The van der Waals surface area contributed by atoms with Crippen molar-refractivity contribution in [2.45, 2.75) is 13.3 Å². The van der Waals surface area contributed by atoms with Crippen molar-refractivity contribution < 1.29 is 9.90 Å². The van der Waals surface area contributed by atoms with E-state index in [0.29, 0.717) is 0 Å². The molecule has 0 aromatic heterocycles. The van der Waals surface area contributed by atoms with E-state index in [1.54, 1.807) is 18.2 Å². The minimum absolute atomic E-state index is 0.106. The first-order valence-electron chi connectivity index (χ1n) is 3.28. The van der Waals surface area contributed by atoms with Gasteiger partial charge in [-0.15, -0.1) is 0 Å². The van der Waals surface area contributed by atoms with Gasteiger partial charge in [0.25, 0.3) is 0 Å². The zero-order valence-electron chi connectivity index (χ0n) is 5.87. The molecule has 0 heterocycles. The standard InChI is InChI=1S/C8H10O2/c1-6(9)7-3-2-4-8(10)5-7/h2,4-5,7,10H,3H2,1H3. The molecule has 54 valence electrons. The second kappa shape index (κ2) is 2.69. The lowest BCUT2D eigenvalue weighted by molar-refractivity contribution is -0.119. The summed E-state index contributed by atoms with van der Waals surface area (Å²) in [6, 6.07) is 0. The highest BCUT2D eigenvalue weighted by molar-refractivity contribution is 5.80. The maximum atomic E-state index is 10.8. The molecule has 0 amide bonds. The minimum atomic E-state index is -0.106. The van der Waals surface area contributed by atoms with E-state index in [1.807, 2.05) is 0 Å². The van der Waals surface area contributed by atoms with Crippen molar-refractivity contribution in [2.75, 3.05) is 0 Å². The van der Waals surface area contributed by atoms with E-state index in [4.69, 9.17) is 5.11 Å². The number of carbonyl (C=O) groups is 1. The molecule has 0 aromatic rings. The topological polar surface area (TPSA) is 37.3 Å². The third-order valence-electron chi connectivity index (χ3n) is 1.57. The molecule has 0 aromatic carbocycles. The molecule has 0 bridgehead atoms. The van der Waals surface area contributed by atoms with Gasteiger partial charge in [-0.25, -0.2) is 0 Å². The Morgan fingerprint density at radius 2 is 2.50 bits per heavy atom. The van der Waals surface area contributed by atoms with Crippen molar-refractivity contribution >= 4 is 5.78 Å². The number of rotatable bonds is 1. The number of carbonyl (C=O) groups excluding carboxylic acids is 1. The lowest BCUT2D eigenvalue weighted by Crippen LogP contribution is -2.09. The van der Waals surface area contributed by atoms with Crippen molar-refractivity contribution in [3.63, 3.8) is 0 Å². The highest BCUT2D eigenvalue weighted by Crippen LogP contribution is 2.15. The summed E-state index contributed by atoms with van der Waals surface area (Å²) >= 11 is 0. The summed E-state index contributed by atoms with van der Waals surface area (Å²) in [5.41, 5.74) is 0. The van der Waals surface area contributed by atoms with Crippen LogP contribution in [0.15, 0.2) is 24.0 Å². The average molecular weight is 138 g/mol. The smallest absolute Gasteiger partial charge is 0.137 e. The van der Waals surface area contributed by atoms with Gasteiger partial charge in [-0.05, 0) is 25.5 Å². The molecule has 1 aliphatic rings. The Bertz CT molecular complexity index is 201. The molecule has 1 N–H and O–H groups in total. The van der Waals surface area contributed by atoms with E-state index >= 15 is 0 Å². The second-order valence-corrected chi connectivity index (χ2v) is 2.45. The summed E-state index contributed by atoms with van der Waals surface area (Å²) in [6.45, 7) is 1.54. The Morgan fingerprint density at radius 3 is 2.90 bits per heavy atom. The number of aliphatic hydroxyl groups is 1. The van der Waals surface area contributed by atoms with E-state index in [0.717, 1.165) is 6.42 Å². The SMILES string of the molecule is CC(=O)C1C=C(O)C=CC1. The number of allylic oxidation sites excluding steroid dienone is 3. The van der Waals surface area contributed by atoms with Gasteiger partial charge >= 0.3 is 0 Å². The summed E-state index contributed by atoms with van der Waals surface area (Å²) in [4.78, 5) is 10.8. The van der Waals surface area contributed by atoms with Crippen LogP contribution < -0.4 is 0 Å². The Morgan fingerprint density at radius 1 is 1.80 bits per heavy atom. The van der Waals surface area contributed by atoms with Crippen LogP contribution in [0, 0.1) is 5.92 Å². The van der Waals surface area contributed by atoms with Gasteiger partial charge in [0.15, 0.2) is 0 Å². The van der Waals surface area contributed by atoms with Crippen LogP contribution in [0.3, 0.4) is 0 Å². The fourth-order valence-electron chi connectivity index (χ4n) is 0.948. The van der Waals surface area contributed by atoms with Crippen LogP contribution in [-0.2, 0) is 4.79 Å². The zero-order chi connectivity index (χ0) is 7.56. The molecule has 0 saturated carbocycles. The third kappa shape index (κ3) is 1.47. The molecule has 0 spiro atoms. The molecule has 2 nitrogen and oxygen atoms in total. The predicted molar refractivity (Wildman–Crippen MR) is 38.6 cm³/mol. The van der Waals surface area contributed by atoms with Crippen LogP contribution >= 0.6 is 0 Å². The van der Waals surface area contributed by atoms with Crippen LogP contribution in [0.25, 0.3) is 0 Å². The average Bonchev–Trinajstić information content (AvgIpc) is 1.88. The van der Waals surface area contributed by atoms with Gasteiger partial charge in [0, 0.05) is 5.92 Å². The van der Waals surface area contributed by atoms with E-state index in [2.05, 4.69) is 0 Å². The van der Waals surface area contributed by atoms with Gasteiger partial charge in [-0.1, -0.05) is 6.08 Å². The third-order valence-corrected chi connectivity index (χ3v) is 1.57. The molecule has 0 fully saturated rings. The van der Waals surface area contributed by atoms with Crippen molar-refractivity contribution in [2.24, 2.45) is 5.92 Å². The quantitative estimate of drug-likeness (QED) is 0.597. The van der Waals surface area contributed by atoms with Gasteiger partial charge in [0.05, 0.1) is 0 Å². The van der Waals surface area contributed by atoms with Gasteiger partial charge in [0.2, 0.25) is 0 Å². The summed E-state index contributed by atoms with van der Waals surface area (Å²) in [6.07, 6.45) is 5.72. The summed E-state index contributed by atoms with van der Waals surface area (Å²) in [7, 11) is 0. The van der Waals surface area contributed by atoms with E-state index in [-0.39, 0.29) is 17.5 Å². The van der Waals surface area contributed by atoms with Crippen molar-refractivity contribution in [3.8, 4) is 0 Å². The van der Waals surface area contributed by atoms with Crippen LogP contribution in [0.4, 0.5) is 0 Å². The molecular formula is C8H10O2. The van der Waals surface area contributed by atoms with E-state index in [1.165, 1.54) is 6.92 Å². The van der Waals surface area contributed by atoms with E-state index in [9.17, 15) is 4.79 Å². The Labute approximate surface area is 59.9 Å². The van der Waals surface area contributed by atoms with Gasteiger partial charge in [-0.3, -0.25) is 4.79 Å². The summed E-state index contributed by atoms with van der Waals surface area (Å²) in [5.74, 6) is 0.201. The molecule has 1 unspecified atom stereocenters. The molecule has 0 radical (unpaired) electrons. The van der Waals surface area contributed by atoms with Crippen molar-refractivity contribution in [3.05, 3.63) is 24.0 Å². The number of hydrogen-bond donors (Lipinski definition) is 1. The van der Waals surface area contributed by atoms with Crippen LogP contribution in [0.5, 0.6) is 0 Å². The van der Waals surface area contributed by atoms with E-state index < -0.39 is 0 Å². The van der Waals surface area contributed by atoms with Gasteiger partial charge < -0.3 is 5.11 Å². The second-order valence-electron chi connectivity index (χ2n) is 2.45. The maximum absolute atomic E-state index is 10.8. The Kier molecular flexibility index (Phi) is 1.90. The van der Waals surface area contributed by atoms with Crippen molar-refractivity contribution in [1.82, 2.24) is 0 Å². The summed E-state index contributed by atoms with van der Waals surface area (Å²) in [5, 5.41) is 8.95. The molecule has 0 aliphatic heterocycles. The first-order valence-corrected chi connectivity index (χ1v) is 3.28. The molecule has 1 aliphatic carbocycles. The first kappa shape index (κ1) is 7.06. The van der Waals surface area contributed by atoms with Crippen LogP contribution in [0.2, 0.25) is 0 Å². The lowest BCUT2D eigenvalue weighted by Gasteiger charge is -2.09. The number of aliphatic hydroxyl groups excluding tert-OH is 1. The lowest BCUT2D eigenvalue weighted by atomic mass is 9.96. The largest absolute Gasteiger partial charge is 0.508 e. The predicted octanol–water partition coefficient (Wildman–Crippen LogP) is 1.59. The zero-order valence-corrected chi connectivity index (χ0v) is 5.87. The van der Waals surface area contributed by atoms with Gasteiger partial charge in [-0.2, -0.15) is 0 Å². The molecule has 10 heavy (non-hydrogen) atoms. The minimum Gasteiger partial charge on any atom is -0.508 e. The highest BCUT2D eigenvalue weighted by atomic mass is 16.3. The normalized spacial score (nSPS) is 24.1. The van der Waals surface area contributed by atoms with Gasteiger partial charge in [0.1, 0.15) is 11.5 Å². The first-order chi connectivity index (χ1) is 4.70. The number of Topliss-reactive ketones (excluding diaryl/α,β-unsaturated/α-hetero) is 1. The van der Waals surface area contributed by atoms with Crippen LogP contribution in [-0.4, -0.2) is 10.9 Å². The molecule has 1 atom stereocenters. The fraction of sp³-hybridized carbons (Fsp3) is 0.375. The Balaban J connectivity index is 2.69. The number of hydrogen-bond acceptors (Lipinski definition) is 2. The summed E-state index contributed by atoms with van der Waals surface area (Å²) < 4.78 is 0. The molecule has 2 heteroatoms. The highest BCUT2D eigenvalue weighted by Gasteiger charge is 2.12.